The SMILES string of the molecule is COc1ccc(OC)c2c(=O)c3c(oc12)C(=O)c1ccc2c(OC4OC(C)C(OC)C(O)C4OC)c4c(c(O)c2c1C3=O)C(=O)OC(C)C4. The first-order valence-corrected chi connectivity index (χ1v) is 15.4. The summed E-state index contributed by atoms with van der Waals surface area (Å²) >= 11 is 0. The van der Waals surface area contributed by atoms with Crippen LogP contribution in [0, 0.1) is 0 Å². The number of methoxy groups -OCH3 is 4. The lowest BCUT2D eigenvalue weighted by Gasteiger charge is -2.42. The lowest BCUT2D eigenvalue weighted by Crippen LogP contribution is -2.59. The molecule has 1 aromatic heterocycles. The molecule has 1 aliphatic carbocycles. The number of carbonyl (C=O) groups excluding carboxylic acids is 3. The van der Waals surface area contributed by atoms with Crippen molar-refractivity contribution in [3.8, 4) is 23.0 Å². The molecule has 0 saturated carbocycles. The van der Waals surface area contributed by atoms with Gasteiger partial charge in [0.05, 0.1) is 20.3 Å². The standard InChI is InChI=1S/C35H32O14/c1-12-11-16-21(34(41)46-12)25(37)20-15(30(16)49-35-33(45-6)28(40)29(44-5)13(2)47-35)8-7-14-19(20)26(38)23-27(39)22-17(42-3)9-10-18(43-4)31(22)48-32(23)24(14)36/h7-10,12-13,28-29,33,35,37,40H,11H2,1-6H3. The van der Waals surface area contributed by atoms with Crippen LogP contribution >= 0.6 is 0 Å². The zero-order chi connectivity index (χ0) is 35.0. The molecule has 3 aliphatic rings. The summed E-state index contributed by atoms with van der Waals surface area (Å²) in [6.07, 6.45) is -5.42. The molecule has 14 nitrogen and oxygen atoms in total. The summed E-state index contributed by atoms with van der Waals surface area (Å²) in [5.41, 5.74) is -2.11. The van der Waals surface area contributed by atoms with E-state index in [1.54, 1.807) is 13.8 Å². The molecular formula is C35H32O14. The van der Waals surface area contributed by atoms with Crippen LogP contribution in [0.1, 0.15) is 61.8 Å². The fraction of sp³-hybridized carbons (Fsp3) is 0.371. The zero-order valence-corrected chi connectivity index (χ0v) is 27.3. The van der Waals surface area contributed by atoms with Crippen LogP contribution in [0.5, 0.6) is 23.0 Å². The minimum absolute atomic E-state index is 0.0272. The van der Waals surface area contributed by atoms with Gasteiger partial charge in [0.1, 0.15) is 58.2 Å². The Morgan fingerprint density at radius 3 is 2.18 bits per heavy atom. The van der Waals surface area contributed by atoms with Gasteiger partial charge in [-0.1, -0.05) is 0 Å². The van der Waals surface area contributed by atoms with Crippen molar-refractivity contribution in [3.05, 3.63) is 68.1 Å². The average Bonchev–Trinajstić information content (AvgIpc) is 3.07. The predicted octanol–water partition coefficient (Wildman–Crippen LogP) is 3.06. The molecule has 2 N–H and O–H groups in total. The summed E-state index contributed by atoms with van der Waals surface area (Å²) < 4.78 is 45.5. The topological polar surface area (TPSA) is 186 Å². The fourth-order valence-corrected chi connectivity index (χ4v) is 7.10. The molecule has 1 fully saturated rings. The number of hydrogen-bond acceptors (Lipinski definition) is 14. The van der Waals surface area contributed by atoms with Crippen LogP contribution in [0.3, 0.4) is 0 Å². The van der Waals surface area contributed by atoms with E-state index >= 15 is 0 Å². The number of phenolic OH excluding ortho intramolecular Hbond substituents is 1. The Morgan fingerprint density at radius 1 is 0.816 bits per heavy atom. The predicted molar refractivity (Wildman–Crippen MR) is 169 cm³/mol. The lowest BCUT2D eigenvalue weighted by molar-refractivity contribution is -0.278. The number of aliphatic hydroxyl groups is 1. The molecule has 256 valence electrons. The highest BCUT2D eigenvalue weighted by Gasteiger charge is 2.47. The van der Waals surface area contributed by atoms with Crippen LogP contribution in [-0.2, 0) is 25.4 Å². The van der Waals surface area contributed by atoms with E-state index in [2.05, 4.69) is 0 Å². The van der Waals surface area contributed by atoms with E-state index in [0.717, 1.165) is 0 Å². The second-order valence-corrected chi connectivity index (χ2v) is 12.0. The third-order valence-electron chi connectivity index (χ3n) is 9.35. The van der Waals surface area contributed by atoms with Gasteiger partial charge in [0, 0.05) is 48.1 Å². The van der Waals surface area contributed by atoms with Crippen molar-refractivity contribution in [3.63, 3.8) is 0 Å². The van der Waals surface area contributed by atoms with Gasteiger partial charge in [-0.2, -0.15) is 0 Å². The summed E-state index contributed by atoms with van der Waals surface area (Å²) in [4.78, 5) is 55.9. The Morgan fingerprint density at radius 2 is 1.51 bits per heavy atom. The number of rotatable bonds is 6. The van der Waals surface area contributed by atoms with E-state index in [1.165, 1.54) is 52.7 Å². The van der Waals surface area contributed by atoms with Crippen LogP contribution in [0.4, 0.5) is 0 Å². The number of aromatic hydroxyl groups is 1. The molecule has 0 amide bonds. The summed E-state index contributed by atoms with van der Waals surface area (Å²) in [7, 11) is 5.47. The minimum Gasteiger partial charge on any atom is -0.506 e. The van der Waals surface area contributed by atoms with E-state index in [4.69, 9.17) is 37.6 Å². The number of esters is 1. The number of carbonyl (C=O) groups is 3. The normalized spacial score (nSPS) is 24.7. The van der Waals surface area contributed by atoms with Crippen molar-refractivity contribution in [1.29, 1.82) is 0 Å². The lowest BCUT2D eigenvalue weighted by atomic mass is 9.81. The Bertz CT molecular complexity index is 2150. The van der Waals surface area contributed by atoms with Crippen molar-refractivity contribution in [2.24, 2.45) is 0 Å². The second kappa shape index (κ2) is 11.8. The van der Waals surface area contributed by atoms with E-state index in [0.29, 0.717) is 0 Å². The van der Waals surface area contributed by atoms with Gasteiger partial charge in [0.25, 0.3) is 0 Å². The minimum atomic E-state index is -1.25. The van der Waals surface area contributed by atoms with Gasteiger partial charge in [0.15, 0.2) is 17.1 Å². The number of ether oxygens (including phenoxy) is 7. The highest BCUT2D eigenvalue weighted by atomic mass is 16.7. The van der Waals surface area contributed by atoms with E-state index in [-0.39, 0.29) is 67.7 Å². The first-order chi connectivity index (χ1) is 23.5. The monoisotopic (exact) mass is 676 g/mol. The van der Waals surface area contributed by atoms with Gasteiger partial charge in [-0.3, -0.25) is 14.4 Å². The van der Waals surface area contributed by atoms with E-state index in [1.807, 2.05) is 0 Å². The molecule has 0 radical (unpaired) electrons. The highest BCUT2D eigenvalue weighted by Crippen LogP contribution is 2.48. The van der Waals surface area contributed by atoms with Gasteiger partial charge >= 0.3 is 5.97 Å². The quantitative estimate of drug-likeness (QED) is 0.250. The smallest absolute Gasteiger partial charge is 0.342 e. The third-order valence-corrected chi connectivity index (χ3v) is 9.35. The number of aliphatic hydroxyl groups excluding tert-OH is 1. The number of benzene rings is 3. The zero-order valence-electron chi connectivity index (χ0n) is 27.3. The molecule has 0 bridgehead atoms. The molecule has 2 aliphatic heterocycles. The molecule has 0 spiro atoms. The Balaban J connectivity index is 1.50. The first-order valence-electron chi connectivity index (χ1n) is 15.4. The number of phenols is 1. The van der Waals surface area contributed by atoms with Crippen molar-refractivity contribution in [1.82, 2.24) is 0 Å². The Kier molecular flexibility index (Phi) is 7.86. The maximum absolute atomic E-state index is 14.5. The Hall–Kier alpha value is -5.02. The van der Waals surface area contributed by atoms with Crippen LogP contribution in [0.15, 0.2) is 33.5 Å². The molecular weight excluding hydrogens is 644 g/mol. The number of hydrogen-bond donors (Lipinski definition) is 2. The molecule has 1 saturated heterocycles. The van der Waals surface area contributed by atoms with Crippen molar-refractivity contribution in [2.75, 3.05) is 28.4 Å². The molecule has 4 aromatic rings. The maximum atomic E-state index is 14.5. The van der Waals surface area contributed by atoms with Gasteiger partial charge in [-0.15, -0.1) is 0 Å². The third kappa shape index (κ3) is 4.62. The van der Waals surface area contributed by atoms with Crippen molar-refractivity contribution >= 4 is 39.3 Å². The van der Waals surface area contributed by atoms with E-state index in [9.17, 15) is 29.4 Å². The molecule has 6 unspecified atom stereocenters. The fourth-order valence-electron chi connectivity index (χ4n) is 7.10. The number of fused-ring (bicyclic) bond motifs is 6. The van der Waals surface area contributed by atoms with Crippen LogP contribution in [0.2, 0.25) is 0 Å². The molecule has 14 heteroatoms. The van der Waals surface area contributed by atoms with E-state index < -0.39 is 76.8 Å². The van der Waals surface area contributed by atoms with Crippen LogP contribution in [0.25, 0.3) is 21.7 Å². The van der Waals surface area contributed by atoms with Crippen molar-refractivity contribution < 1.29 is 62.2 Å². The molecule has 7 rings (SSSR count). The van der Waals surface area contributed by atoms with Gasteiger partial charge in [-0.25, -0.2) is 4.79 Å². The summed E-state index contributed by atoms with van der Waals surface area (Å²) in [5, 5.41) is 22.6. The van der Waals surface area contributed by atoms with Crippen LogP contribution in [-0.4, -0.2) is 93.0 Å². The summed E-state index contributed by atoms with van der Waals surface area (Å²) in [6, 6.07) is 5.76. The second-order valence-electron chi connectivity index (χ2n) is 12.0. The Labute approximate surface area is 278 Å². The largest absolute Gasteiger partial charge is 0.506 e. The number of cyclic esters (lactones) is 1. The van der Waals surface area contributed by atoms with Crippen LogP contribution < -0.4 is 19.6 Å². The number of ketones is 2. The highest BCUT2D eigenvalue weighted by molar-refractivity contribution is 6.33. The van der Waals surface area contributed by atoms with Gasteiger partial charge in [0.2, 0.25) is 23.3 Å². The maximum Gasteiger partial charge on any atom is 0.342 e. The average molecular weight is 677 g/mol. The van der Waals surface area contributed by atoms with Crippen molar-refractivity contribution in [2.45, 2.75) is 57.1 Å². The summed E-state index contributed by atoms with van der Waals surface area (Å²) in [5.74, 6) is -3.57. The van der Waals surface area contributed by atoms with Gasteiger partial charge in [-0.05, 0) is 38.1 Å². The molecule has 49 heavy (non-hydrogen) atoms. The van der Waals surface area contributed by atoms with Gasteiger partial charge < -0.3 is 47.8 Å². The first kappa shape index (κ1) is 32.5. The molecule has 6 atom stereocenters. The summed E-state index contributed by atoms with van der Waals surface area (Å²) in [6.45, 7) is 3.34. The molecule has 3 heterocycles. The molecule has 3 aromatic carbocycles.